The molecular weight excluding hydrogens is 212 g/mol. The van der Waals surface area contributed by atoms with E-state index in [9.17, 15) is 17.6 Å². The molecule has 0 spiro atoms. The van der Waals surface area contributed by atoms with Crippen molar-refractivity contribution in [3.8, 4) is 0 Å². The Morgan fingerprint density at radius 2 is 1.38 bits per heavy atom. The summed E-state index contributed by atoms with van der Waals surface area (Å²) in [5, 5.41) is -0.604. The first-order chi connectivity index (χ1) is 6.00. The van der Waals surface area contributed by atoms with E-state index in [1.165, 1.54) is 0 Å². The fraction of sp³-hybridized carbons (Fsp3) is 0.333. The van der Waals surface area contributed by atoms with Crippen LogP contribution in [0, 0.1) is 0 Å². The van der Waals surface area contributed by atoms with Crippen LogP contribution in [0.5, 0.6) is 0 Å². The van der Waals surface area contributed by atoms with Crippen molar-refractivity contribution in [3.05, 3.63) is 22.7 Å². The van der Waals surface area contributed by atoms with Gasteiger partial charge in [-0.2, -0.15) is 0 Å². The molecule has 1 heterocycles. The molecule has 0 aliphatic heterocycles. The zero-order valence-electron chi connectivity index (χ0n) is 6.02. The Bertz CT molecular complexity index is 278. The first-order valence-electron chi connectivity index (χ1n) is 3.11. The monoisotopic (exact) mass is 214 g/mol. The van der Waals surface area contributed by atoms with Crippen LogP contribution in [-0.4, -0.2) is 9.97 Å². The Hall–Kier alpha value is -0.910. The molecule has 2 nitrogen and oxygen atoms in total. The van der Waals surface area contributed by atoms with Gasteiger partial charge in [0.1, 0.15) is 11.4 Å². The van der Waals surface area contributed by atoms with Crippen LogP contribution in [0.25, 0.3) is 0 Å². The third-order valence-corrected chi connectivity index (χ3v) is 1.35. The van der Waals surface area contributed by atoms with E-state index in [1.54, 1.807) is 0 Å². The molecule has 0 bridgehead atoms. The van der Waals surface area contributed by atoms with E-state index in [0.29, 0.717) is 6.07 Å². The summed E-state index contributed by atoms with van der Waals surface area (Å²) in [5.41, 5.74) is -1.59. The van der Waals surface area contributed by atoms with Crippen LogP contribution in [0.4, 0.5) is 17.6 Å². The van der Waals surface area contributed by atoms with Crippen molar-refractivity contribution >= 4 is 11.6 Å². The molecule has 0 saturated heterocycles. The second-order valence-electron chi connectivity index (χ2n) is 2.09. The molecule has 0 aliphatic carbocycles. The minimum Gasteiger partial charge on any atom is -0.217 e. The summed E-state index contributed by atoms with van der Waals surface area (Å²) in [4.78, 5) is 6.17. The van der Waals surface area contributed by atoms with Crippen LogP contribution in [-0.2, 0) is 0 Å². The summed E-state index contributed by atoms with van der Waals surface area (Å²) in [6.45, 7) is 0. The number of hydrogen-bond acceptors (Lipinski definition) is 2. The first-order valence-corrected chi connectivity index (χ1v) is 3.49. The molecule has 72 valence electrons. The van der Waals surface area contributed by atoms with E-state index in [0.717, 1.165) is 0 Å². The Morgan fingerprint density at radius 3 is 1.69 bits per heavy atom. The van der Waals surface area contributed by atoms with Gasteiger partial charge in [0, 0.05) is 0 Å². The van der Waals surface area contributed by atoms with Crippen molar-refractivity contribution in [3.63, 3.8) is 0 Å². The molecule has 0 radical (unpaired) electrons. The lowest BCUT2D eigenvalue weighted by Crippen LogP contribution is -1.98. The quantitative estimate of drug-likeness (QED) is 0.559. The Balaban J connectivity index is 3.11. The summed E-state index contributed by atoms with van der Waals surface area (Å²) in [7, 11) is 0. The average Bonchev–Trinajstić information content (AvgIpc) is 2.03. The fourth-order valence-corrected chi connectivity index (χ4v) is 0.873. The minimum atomic E-state index is -2.93. The van der Waals surface area contributed by atoms with E-state index in [1.807, 2.05) is 0 Å². The van der Waals surface area contributed by atoms with Crippen LogP contribution in [0.3, 0.4) is 0 Å². The van der Waals surface area contributed by atoms with Gasteiger partial charge < -0.3 is 0 Å². The molecule has 1 rings (SSSR count). The normalized spacial score (nSPS) is 11.3. The van der Waals surface area contributed by atoms with Gasteiger partial charge in [0.15, 0.2) is 0 Å². The molecule has 0 amide bonds. The Morgan fingerprint density at radius 1 is 1.00 bits per heavy atom. The summed E-state index contributed by atoms with van der Waals surface area (Å²) >= 11 is 5.15. The Labute approximate surface area is 75.6 Å². The van der Waals surface area contributed by atoms with Gasteiger partial charge in [-0.05, 0) is 17.7 Å². The smallest absolute Gasteiger partial charge is 0.217 e. The number of rotatable bonds is 2. The maximum absolute atomic E-state index is 12.0. The predicted octanol–water partition coefficient (Wildman–Crippen LogP) is 3.01. The van der Waals surface area contributed by atoms with Crippen LogP contribution >= 0.6 is 11.6 Å². The zero-order valence-corrected chi connectivity index (χ0v) is 6.77. The predicted molar refractivity (Wildman–Crippen MR) is 37.0 cm³/mol. The highest BCUT2D eigenvalue weighted by atomic mass is 35.5. The third-order valence-electron chi connectivity index (χ3n) is 1.19. The van der Waals surface area contributed by atoms with Crippen molar-refractivity contribution in [1.29, 1.82) is 0 Å². The van der Waals surface area contributed by atoms with Crippen LogP contribution < -0.4 is 0 Å². The van der Waals surface area contributed by atoms with Crippen molar-refractivity contribution in [2.75, 3.05) is 0 Å². The highest BCUT2D eigenvalue weighted by molar-refractivity contribution is 6.28. The summed E-state index contributed by atoms with van der Waals surface area (Å²) < 4.78 is 48.0. The molecule has 0 saturated carbocycles. The van der Waals surface area contributed by atoms with Gasteiger partial charge in [-0.3, -0.25) is 0 Å². The second-order valence-corrected chi connectivity index (χ2v) is 2.43. The lowest BCUT2D eigenvalue weighted by molar-refractivity contribution is 0.137. The highest BCUT2D eigenvalue weighted by Crippen LogP contribution is 2.23. The van der Waals surface area contributed by atoms with Crippen LogP contribution in [0.1, 0.15) is 24.2 Å². The number of nitrogens with zero attached hydrogens (tertiary/aromatic N) is 2. The molecule has 0 N–H and O–H groups in total. The SMILES string of the molecule is FC(F)c1cc(C(F)F)nc(Cl)n1. The summed E-state index contributed by atoms with van der Waals surface area (Å²) in [5.74, 6) is 0. The zero-order chi connectivity index (χ0) is 10.0. The minimum absolute atomic E-state index is 0.529. The van der Waals surface area contributed by atoms with Crippen molar-refractivity contribution in [2.24, 2.45) is 0 Å². The number of aromatic nitrogens is 2. The van der Waals surface area contributed by atoms with Gasteiger partial charge in [0.05, 0.1) is 0 Å². The van der Waals surface area contributed by atoms with E-state index in [-0.39, 0.29) is 0 Å². The molecule has 0 aromatic carbocycles. The molecule has 0 aliphatic rings. The van der Waals surface area contributed by atoms with Crippen molar-refractivity contribution < 1.29 is 17.6 Å². The van der Waals surface area contributed by atoms with E-state index < -0.39 is 29.5 Å². The molecule has 0 fully saturated rings. The van der Waals surface area contributed by atoms with Gasteiger partial charge in [0.25, 0.3) is 12.9 Å². The van der Waals surface area contributed by atoms with Gasteiger partial charge in [0.2, 0.25) is 5.28 Å². The fourth-order valence-electron chi connectivity index (χ4n) is 0.678. The van der Waals surface area contributed by atoms with Gasteiger partial charge in [-0.25, -0.2) is 27.5 Å². The van der Waals surface area contributed by atoms with Gasteiger partial charge in [-0.1, -0.05) is 0 Å². The summed E-state index contributed by atoms with van der Waals surface area (Å²) in [6, 6.07) is 0.529. The van der Waals surface area contributed by atoms with Crippen molar-refractivity contribution in [2.45, 2.75) is 12.9 Å². The number of halogens is 5. The molecule has 0 unspecified atom stereocenters. The van der Waals surface area contributed by atoms with E-state index >= 15 is 0 Å². The lowest BCUT2D eigenvalue weighted by atomic mass is 10.3. The standard InChI is InChI=1S/C6H3ClF4N2/c7-6-12-2(4(8)9)1-3(13-6)5(10)11/h1,4-5H. The number of alkyl halides is 4. The topological polar surface area (TPSA) is 25.8 Å². The lowest BCUT2D eigenvalue weighted by Gasteiger charge is -2.02. The van der Waals surface area contributed by atoms with E-state index in [2.05, 4.69) is 9.97 Å². The Kier molecular flexibility index (Phi) is 3.02. The first kappa shape index (κ1) is 10.2. The average molecular weight is 215 g/mol. The highest BCUT2D eigenvalue weighted by Gasteiger charge is 2.16. The molecular formula is C6H3ClF4N2. The third kappa shape index (κ3) is 2.51. The van der Waals surface area contributed by atoms with Crippen LogP contribution in [0.2, 0.25) is 5.28 Å². The van der Waals surface area contributed by atoms with E-state index in [4.69, 9.17) is 11.6 Å². The molecule has 7 heteroatoms. The van der Waals surface area contributed by atoms with Gasteiger partial charge in [-0.15, -0.1) is 0 Å². The molecule has 1 aromatic heterocycles. The second kappa shape index (κ2) is 3.87. The maximum Gasteiger partial charge on any atom is 0.280 e. The molecule has 0 atom stereocenters. The molecule has 13 heavy (non-hydrogen) atoms. The maximum atomic E-state index is 12.0. The van der Waals surface area contributed by atoms with Crippen LogP contribution in [0.15, 0.2) is 6.07 Å². The van der Waals surface area contributed by atoms with Gasteiger partial charge >= 0.3 is 0 Å². The molecule has 1 aromatic rings. The summed E-state index contributed by atoms with van der Waals surface area (Å²) in [6.07, 6.45) is -5.86. The number of hydrogen-bond donors (Lipinski definition) is 0. The van der Waals surface area contributed by atoms with Crippen molar-refractivity contribution in [1.82, 2.24) is 9.97 Å². The largest absolute Gasteiger partial charge is 0.280 e.